The number of halogens is 1. The lowest BCUT2D eigenvalue weighted by atomic mass is 9.89. The molecule has 0 aromatic heterocycles. The summed E-state index contributed by atoms with van der Waals surface area (Å²) in [6.45, 7) is 2.13. The van der Waals surface area contributed by atoms with Crippen molar-refractivity contribution in [2.45, 2.75) is 25.7 Å². The van der Waals surface area contributed by atoms with Gasteiger partial charge in [0.25, 0.3) is 0 Å². The van der Waals surface area contributed by atoms with Crippen molar-refractivity contribution in [2.75, 3.05) is 0 Å². The van der Waals surface area contributed by atoms with Crippen LogP contribution in [0.2, 0.25) is 0 Å². The number of hydrogen-bond donors (Lipinski definition) is 0. The highest BCUT2D eigenvalue weighted by atomic mass is 79.9. The van der Waals surface area contributed by atoms with Crippen LogP contribution in [0, 0.1) is 0 Å². The van der Waals surface area contributed by atoms with Crippen molar-refractivity contribution in [3.05, 3.63) is 70.2 Å². The Balaban J connectivity index is 2.17. The van der Waals surface area contributed by atoms with E-state index in [-0.39, 0.29) is 11.7 Å². The molecule has 0 spiro atoms. The predicted octanol–water partition coefficient (Wildman–Crippen LogP) is 5.22. The van der Waals surface area contributed by atoms with Crippen molar-refractivity contribution in [1.82, 2.24) is 0 Å². The largest absolute Gasteiger partial charge is 0.294 e. The van der Waals surface area contributed by atoms with Crippen LogP contribution in [0.15, 0.2) is 59.1 Å². The summed E-state index contributed by atoms with van der Waals surface area (Å²) in [5.41, 5.74) is 2.02. The van der Waals surface area contributed by atoms with Crippen LogP contribution < -0.4 is 0 Å². The van der Waals surface area contributed by atoms with Crippen molar-refractivity contribution < 1.29 is 4.79 Å². The molecule has 0 unspecified atom stereocenters. The zero-order valence-electron chi connectivity index (χ0n) is 11.0. The first-order valence-electron chi connectivity index (χ1n) is 6.55. The molecule has 0 aliphatic carbocycles. The summed E-state index contributed by atoms with van der Waals surface area (Å²) in [5, 5.41) is 0. The fourth-order valence-electron chi connectivity index (χ4n) is 2.25. The number of carbonyl (C=O) groups excluding carboxylic acids is 1. The lowest BCUT2D eigenvalue weighted by Gasteiger charge is -2.16. The number of carbonyl (C=O) groups is 1. The second kappa shape index (κ2) is 6.67. The minimum Gasteiger partial charge on any atom is -0.294 e. The van der Waals surface area contributed by atoms with Gasteiger partial charge in [-0.15, -0.1) is 0 Å². The van der Waals surface area contributed by atoms with E-state index in [1.165, 1.54) is 5.56 Å². The van der Waals surface area contributed by atoms with E-state index in [1.807, 2.05) is 48.5 Å². The van der Waals surface area contributed by atoms with Gasteiger partial charge in [-0.3, -0.25) is 4.79 Å². The molecule has 1 atom stereocenters. The predicted molar refractivity (Wildman–Crippen MR) is 82.6 cm³/mol. The molecule has 0 N–H and O–H groups in total. The number of ketones is 1. The molecule has 0 aliphatic rings. The van der Waals surface area contributed by atoms with Gasteiger partial charge in [-0.05, 0) is 24.0 Å². The second-order valence-electron chi connectivity index (χ2n) is 4.62. The van der Waals surface area contributed by atoms with Gasteiger partial charge in [0.05, 0.1) is 0 Å². The summed E-state index contributed by atoms with van der Waals surface area (Å²) in [6.07, 6.45) is 1.52. The van der Waals surface area contributed by atoms with Crippen molar-refractivity contribution in [1.29, 1.82) is 0 Å². The third-order valence-electron chi connectivity index (χ3n) is 3.37. The molecule has 0 bridgehead atoms. The third-order valence-corrected chi connectivity index (χ3v) is 4.09. The molecule has 0 amide bonds. The van der Waals surface area contributed by atoms with Crippen LogP contribution in [0.1, 0.15) is 41.6 Å². The Hall–Kier alpha value is -1.41. The number of Topliss-reactive ketones (excluding diaryl/α,β-unsaturated/α-hetero) is 1. The maximum absolute atomic E-state index is 12.3. The highest BCUT2D eigenvalue weighted by Crippen LogP contribution is 2.30. The van der Waals surface area contributed by atoms with Gasteiger partial charge in [-0.1, -0.05) is 71.4 Å². The summed E-state index contributed by atoms with van der Waals surface area (Å²) in [7, 11) is 0. The number of hydrogen-bond acceptors (Lipinski definition) is 1. The maximum atomic E-state index is 12.3. The lowest BCUT2D eigenvalue weighted by molar-refractivity contribution is 0.0973. The molecule has 2 rings (SSSR count). The van der Waals surface area contributed by atoms with Crippen molar-refractivity contribution in [3.8, 4) is 0 Å². The molecule has 19 heavy (non-hydrogen) atoms. The van der Waals surface area contributed by atoms with Gasteiger partial charge in [0.15, 0.2) is 5.78 Å². The van der Waals surface area contributed by atoms with Crippen LogP contribution in [-0.2, 0) is 0 Å². The SMILES string of the molecule is CC[C@@H](CC(=O)c1ccccc1)c1ccccc1Br. The average Bonchev–Trinajstić information content (AvgIpc) is 2.46. The van der Waals surface area contributed by atoms with Gasteiger partial charge >= 0.3 is 0 Å². The Labute approximate surface area is 122 Å². The van der Waals surface area contributed by atoms with Crippen LogP contribution in [0.25, 0.3) is 0 Å². The Morgan fingerprint density at radius 3 is 2.32 bits per heavy atom. The minimum absolute atomic E-state index is 0.211. The lowest BCUT2D eigenvalue weighted by Crippen LogP contribution is -2.07. The number of rotatable bonds is 5. The van der Waals surface area contributed by atoms with E-state index in [4.69, 9.17) is 0 Å². The monoisotopic (exact) mass is 316 g/mol. The molecule has 2 aromatic rings. The Morgan fingerprint density at radius 2 is 1.68 bits per heavy atom. The zero-order chi connectivity index (χ0) is 13.7. The summed E-state index contributed by atoms with van der Waals surface area (Å²) < 4.78 is 1.09. The first-order chi connectivity index (χ1) is 9.22. The van der Waals surface area contributed by atoms with Crippen LogP contribution >= 0.6 is 15.9 Å². The van der Waals surface area contributed by atoms with Crippen LogP contribution in [0.3, 0.4) is 0 Å². The minimum atomic E-state index is 0.211. The molecular formula is C17H17BrO. The fraction of sp³-hybridized carbons (Fsp3) is 0.235. The zero-order valence-corrected chi connectivity index (χ0v) is 12.6. The van der Waals surface area contributed by atoms with Gasteiger partial charge in [-0.25, -0.2) is 0 Å². The normalized spacial score (nSPS) is 12.1. The Bertz CT molecular complexity index is 548. The summed E-state index contributed by atoms with van der Waals surface area (Å²) in [6, 6.07) is 17.7. The van der Waals surface area contributed by atoms with Crippen molar-refractivity contribution in [2.24, 2.45) is 0 Å². The number of benzene rings is 2. The standard InChI is InChI=1S/C17H17BrO/c1-2-13(15-10-6-7-11-16(15)18)12-17(19)14-8-4-3-5-9-14/h3-11,13H,2,12H2,1H3/t13-/m0/s1. The molecule has 0 heterocycles. The molecule has 2 aromatic carbocycles. The second-order valence-corrected chi connectivity index (χ2v) is 5.47. The molecule has 2 heteroatoms. The molecular weight excluding hydrogens is 300 g/mol. The molecule has 0 saturated heterocycles. The van der Waals surface area contributed by atoms with E-state index < -0.39 is 0 Å². The average molecular weight is 317 g/mol. The van der Waals surface area contributed by atoms with Crippen LogP contribution in [-0.4, -0.2) is 5.78 Å². The molecule has 98 valence electrons. The van der Waals surface area contributed by atoms with Gasteiger partial charge in [0, 0.05) is 16.5 Å². The smallest absolute Gasteiger partial charge is 0.163 e. The first kappa shape index (κ1) is 14.0. The van der Waals surface area contributed by atoms with E-state index in [2.05, 4.69) is 28.9 Å². The Morgan fingerprint density at radius 1 is 1.05 bits per heavy atom. The summed E-state index contributed by atoms with van der Waals surface area (Å²) in [5.74, 6) is 0.478. The van der Waals surface area contributed by atoms with Gasteiger partial charge in [0.1, 0.15) is 0 Å². The maximum Gasteiger partial charge on any atom is 0.163 e. The topological polar surface area (TPSA) is 17.1 Å². The summed E-state index contributed by atoms with van der Waals surface area (Å²) in [4.78, 5) is 12.3. The highest BCUT2D eigenvalue weighted by Gasteiger charge is 2.17. The van der Waals surface area contributed by atoms with E-state index in [1.54, 1.807) is 0 Å². The molecule has 0 fully saturated rings. The van der Waals surface area contributed by atoms with Crippen LogP contribution in [0.5, 0.6) is 0 Å². The van der Waals surface area contributed by atoms with E-state index >= 15 is 0 Å². The van der Waals surface area contributed by atoms with E-state index in [0.717, 1.165) is 16.5 Å². The first-order valence-corrected chi connectivity index (χ1v) is 7.34. The third kappa shape index (κ3) is 3.54. The Kier molecular flexibility index (Phi) is 4.92. The van der Waals surface area contributed by atoms with Gasteiger partial charge in [-0.2, -0.15) is 0 Å². The molecule has 0 radical (unpaired) electrons. The molecule has 0 saturated carbocycles. The van der Waals surface area contributed by atoms with Crippen molar-refractivity contribution >= 4 is 21.7 Å². The van der Waals surface area contributed by atoms with Crippen molar-refractivity contribution in [3.63, 3.8) is 0 Å². The highest BCUT2D eigenvalue weighted by molar-refractivity contribution is 9.10. The quantitative estimate of drug-likeness (QED) is 0.691. The van der Waals surface area contributed by atoms with Crippen LogP contribution in [0.4, 0.5) is 0 Å². The van der Waals surface area contributed by atoms with E-state index in [0.29, 0.717) is 6.42 Å². The molecule has 1 nitrogen and oxygen atoms in total. The van der Waals surface area contributed by atoms with Gasteiger partial charge < -0.3 is 0 Å². The molecule has 0 aliphatic heterocycles. The van der Waals surface area contributed by atoms with E-state index in [9.17, 15) is 4.79 Å². The fourth-order valence-corrected chi connectivity index (χ4v) is 2.85. The van der Waals surface area contributed by atoms with Gasteiger partial charge in [0.2, 0.25) is 0 Å². The summed E-state index contributed by atoms with van der Waals surface area (Å²) >= 11 is 3.57.